The van der Waals surface area contributed by atoms with Gasteiger partial charge in [0, 0.05) is 63.1 Å². The first kappa shape index (κ1) is 26.3. The van der Waals surface area contributed by atoms with Crippen LogP contribution in [0.15, 0.2) is 30.3 Å². The van der Waals surface area contributed by atoms with Crippen LogP contribution in [0.1, 0.15) is 48.4 Å². The van der Waals surface area contributed by atoms with E-state index in [1.54, 1.807) is 0 Å². The summed E-state index contributed by atoms with van der Waals surface area (Å²) < 4.78 is 30.8. The number of ether oxygens (including phenoxy) is 3. The van der Waals surface area contributed by atoms with Crippen molar-refractivity contribution < 1.29 is 18.6 Å². The smallest absolute Gasteiger partial charge is 0.165 e. The van der Waals surface area contributed by atoms with Crippen LogP contribution >= 0.6 is 0 Å². The minimum atomic E-state index is -0.307. The van der Waals surface area contributed by atoms with Crippen molar-refractivity contribution in [3.63, 3.8) is 0 Å². The number of hydrogen-bond acceptors (Lipinski definition) is 6. The zero-order valence-corrected chi connectivity index (χ0v) is 22.7. The second kappa shape index (κ2) is 12.0. The fraction of sp³-hybridized carbons (Fsp3) is 0.600. The maximum absolute atomic E-state index is 13.9. The summed E-state index contributed by atoms with van der Waals surface area (Å²) in [7, 11) is 1.53. The second-order valence-electron chi connectivity index (χ2n) is 10.7. The molecule has 5 rings (SSSR count). The van der Waals surface area contributed by atoms with Gasteiger partial charge in [0.05, 0.1) is 26.9 Å². The monoisotopic (exact) mass is 511 g/mol. The Hall–Kier alpha value is -2.35. The Morgan fingerprint density at radius 1 is 0.973 bits per heavy atom. The Balaban J connectivity index is 1.21. The van der Waals surface area contributed by atoms with Gasteiger partial charge in [0.15, 0.2) is 11.6 Å². The third kappa shape index (κ3) is 5.89. The number of fused-ring (bicyclic) bond motifs is 1. The van der Waals surface area contributed by atoms with Crippen LogP contribution in [0, 0.1) is 19.7 Å². The number of piperazine rings is 1. The molecule has 0 N–H and O–H groups in total. The number of nitrogens with zero attached hydrogens (tertiary/aromatic N) is 3. The number of morpholine rings is 1. The van der Waals surface area contributed by atoms with Crippen LogP contribution in [0.3, 0.4) is 0 Å². The van der Waals surface area contributed by atoms with E-state index in [1.165, 1.54) is 49.1 Å². The van der Waals surface area contributed by atoms with Crippen molar-refractivity contribution in [1.82, 2.24) is 9.80 Å². The van der Waals surface area contributed by atoms with Gasteiger partial charge in [-0.15, -0.1) is 0 Å². The summed E-state index contributed by atoms with van der Waals surface area (Å²) in [6.45, 7) is 12.9. The van der Waals surface area contributed by atoms with Crippen LogP contribution in [0.5, 0.6) is 11.5 Å². The molecule has 0 saturated carbocycles. The number of rotatable bonds is 8. The standard InChI is InChI=1S/C30H42FN3O3/c1-22-23(2)29(37-17-5-12-32-15-18-36-19-16-32)11-9-26(22)28-7-4-6-25-21-33(13-14-34(25)28)24-8-10-27(31)30(20-24)35-3/h8-11,20,25,28H,4-7,12-19,21H2,1-3H3/t25-,28+/m0/s1. The van der Waals surface area contributed by atoms with Gasteiger partial charge >= 0.3 is 0 Å². The molecule has 6 nitrogen and oxygen atoms in total. The summed E-state index contributed by atoms with van der Waals surface area (Å²) in [5, 5.41) is 0. The molecule has 3 fully saturated rings. The number of hydrogen-bond donors (Lipinski definition) is 0. The molecule has 7 heteroatoms. The highest BCUT2D eigenvalue weighted by Crippen LogP contribution is 2.40. The third-order valence-electron chi connectivity index (χ3n) is 8.56. The van der Waals surface area contributed by atoms with Crippen molar-refractivity contribution in [2.75, 3.05) is 71.1 Å². The van der Waals surface area contributed by atoms with E-state index in [9.17, 15) is 4.39 Å². The van der Waals surface area contributed by atoms with E-state index in [2.05, 4.69) is 40.7 Å². The van der Waals surface area contributed by atoms with Crippen LogP contribution < -0.4 is 14.4 Å². The quantitative estimate of drug-likeness (QED) is 0.466. The fourth-order valence-corrected chi connectivity index (χ4v) is 6.29. The molecule has 2 aromatic carbocycles. The van der Waals surface area contributed by atoms with Crippen LogP contribution in [0.4, 0.5) is 10.1 Å². The summed E-state index contributed by atoms with van der Waals surface area (Å²) in [5.74, 6) is 1.03. The van der Waals surface area contributed by atoms with Crippen molar-refractivity contribution in [2.24, 2.45) is 0 Å². The van der Waals surface area contributed by atoms with E-state index >= 15 is 0 Å². The lowest BCUT2D eigenvalue weighted by Gasteiger charge is -2.49. The Bertz CT molecular complexity index is 1060. The molecular formula is C30H42FN3O3. The number of anilines is 1. The lowest BCUT2D eigenvalue weighted by atomic mass is 9.86. The van der Waals surface area contributed by atoms with Gasteiger partial charge in [0.1, 0.15) is 5.75 Å². The van der Waals surface area contributed by atoms with Crippen LogP contribution in [0.2, 0.25) is 0 Å². The SMILES string of the molecule is COc1cc(N2CCN3[C@@H](CCC[C@@H]3c3ccc(OCCCN4CCOCC4)c(C)c3C)C2)ccc1F. The molecule has 0 bridgehead atoms. The molecule has 0 aliphatic carbocycles. The van der Waals surface area contributed by atoms with E-state index in [0.717, 1.165) is 76.9 Å². The first-order chi connectivity index (χ1) is 18.0. The highest BCUT2D eigenvalue weighted by atomic mass is 19.1. The van der Waals surface area contributed by atoms with Crippen LogP contribution in [-0.2, 0) is 4.74 Å². The van der Waals surface area contributed by atoms with Crippen LogP contribution in [0.25, 0.3) is 0 Å². The Morgan fingerprint density at radius 2 is 1.81 bits per heavy atom. The Labute approximate surface area is 221 Å². The molecule has 37 heavy (non-hydrogen) atoms. The number of benzene rings is 2. The van der Waals surface area contributed by atoms with E-state index in [-0.39, 0.29) is 5.82 Å². The molecule has 2 atom stereocenters. The summed E-state index contributed by atoms with van der Waals surface area (Å²) in [6.07, 6.45) is 4.66. The molecule has 0 amide bonds. The van der Waals surface area contributed by atoms with Gasteiger partial charge in [0.2, 0.25) is 0 Å². The largest absolute Gasteiger partial charge is 0.494 e. The molecule has 3 heterocycles. The maximum Gasteiger partial charge on any atom is 0.165 e. The minimum Gasteiger partial charge on any atom is -0.494 e. The van der Waals surface area contributed by atoms with Crippen molar-refractivity contribution in [3.8, 4) is 11.5 Å². The molecular weight excluding hydrogens is 469 g/mol. The summed E-state index contributed by atoms with van der Waals surface area (Å²) in [4.78, 5) is 7.56. The van der Waals surface area contributed by atoms with Gasteiger partial charge in [-0.3, -0.25) is 9.80 Å². The van der Waals surface area contributed by atoms with Crippen molar-refractivity contribution in [1.29, 1.82) is 0 Å². The molecule has 0 spiro atoms. The number of methoxy groups -OCH3 is 1. The minimum absolute atomic E-state index is 0.307. The van der Waals surface area contributed by atoms with E-state index in [0.29, 0.717) is 17.8 Å². The lowest BCUT2D eigenvalue weighted by molar-refractivity contribution is 0.0358. The molecule has 0 unspecified atom stereocenters. The summed E-state index contributed by atoms with van der Waals surface area (Å²) in [6, 6.07) is 10.7. The zero-order valence-electron chi connectivity index (χ0n) is 22.7. The number of halogens is 1. The third-order valence-corrected chi connectivity index (χ3v) is 8.56. The molecule has 2 aromatic rings. The second-order valence-corrected chi connectivity index (χ2v) is 10.7. The van der Waals surface area contributed by atoms with Gasteiger partial charge in [-0.1, -0.05) is 6.07 Å². The molecule has 0 aromatic heterocycles. The zero-order chi connectivity index (χ0) is 25.8. The fourth-order valence-electron chi connectivity index (χ4n) is 6.29. The average molecular weight is 512 g/mol. The van der Waals surface area contributed by atoms with Crippen molar-refractivity contribution in [3.05, 3.63) is 52.8 Å². The van der Waals surface area contributed by atoms with Gasteiger partial charge in [-0.05, 0) is 74.4 Å². The summed E-state index contributed by atoms with van der Waals surface area (Å²) in [5.41, 5.74) is 5.12. The van der Waals surface area contributed by atoms with Gasteiger partial charge in [-0.25, -0.2) is 4.39 Å². The topological polar surface area (TPSA) is 37.4 Å². The van der Waals surface area contributed by atoms with E-state index in [1.807, 2.05) is 12.1 Å². The van der Waals surface area contributed by atoms with Gasteiger partial charge in [-0.2, -0.15) is 0 Å². The summed E-state index contributed by atoms with van der Waals surface area (Å²) >= 11 is 0. The van der Waals surface area contributed by atoms with Crippen molar-refractivity contribution >= 4 is 5.69 Å². The molecule has 3 aliphatic rings. The first-order valence-electron chi connectivity index (χ1n) is 13.9. The number of piperidine rings is 1. The molecule has 202 valence electrons. The average Bonchev–Trinajstić information content (AvgIpc) is 2.93. The Morgan fingerprint density at radius 3 is 2.62 bits per heavy atom. The van der Waals surface area contributed by atoms with Crippen molar-refractivity contribution in [2.45, 2.75) is 51.6 Å². The van der Waals surface area contributed by atoms with Gasteiger partial charge in [0.25, 0.3) is 0 Å². The highest BCUT2D eigenvalue weighted by Gasteiger charge is 2.36. The van der Waals surface area contributed by atoms with E-state index in [4.69, 9.17) is 14.2 Å². The maximum atomic E-state index is 13.9. The predicted molar refractivity (Wildman–Crippen MR) is 146 cm³/mol. The van der Waals surface area contributed by atoms with Gasteiger partial charge < -0.3 is 19.1 Å². The molecule has 0 radical (unpaired) electrons. The predicted octanol–water partition coefficient (Wildman–Crippen LogP) is 4.97. The first-order valence-corrected chi connectivity index (χ1v) is 13.9. The normalized spacial score (nSPS) is 23.1. The Kier molecular flexibility index (Phi) is 8.53. The molecule has 3 saturated heterocycles. The van der Waals surface area contributed by atoms with E-state index < -0.39 is 0 Å². The lowest BCUT2D eigenvalue weighted by Crippen LogP contribution is -2.56. The molecule has 3 aliphatic heterocycles. The highest BCUT2D eigenvalue weighted by molar-refractivity contribution is 5.52. The van der Waals surface area contributed by atoms with Crippen LogP contribution in [-0.4, -0.2) is 82.0 Å².